The molecule has 4 nitrogen and oxygen atoms in total. The molecular formula is C9H12F6N2O2. The van der Waals surface area contributed by atoms with Crippen molar-refractivity contribution in [3.05, 3.63) is 0 Å². The van der Waals surface area contributed by atoms with E-state index in [0.29, 0.717) is 0 Å². The van der Waals surface area contributed by atoms with E-state index in [1.54, 1.807) is 5.32 Å². The first-order valence-electron chi connectivity index (χ1n) is 5.24. The standard InChI is InChI=1S/C9H12F6N2O2/c1-19-5-3-16-2-4(5)17-7(18)6(8(10,11)12)9(13,14)15/h4-6,16H,2-3H2,1H3,(H,17,18)/t4?,5-/m0/s1. The topological polar surface area (TPSA) is 50.4 Å². The highest BCUT2D eigenvalue weighted by Crippen LogP contribution is 2.39. The minimum Gasteiger partial charge on any atom is -0.378 e. The van der Waals surface area contributed by atoms with E-state index in [0.717, 1.165) is 0 Å². The van der Waals surface area contributed by atoms with E-state index in [4.69, 9.17) is 4.74 Å². The molecule has 1 fully saturated rings. The fourth-order valence-corrected chi connectivity index (χ4v) is 1.80. The number of nitrogens with one attached hydrogen (secondary N) is 2. The fraction of sp³-hybridized carbons (Fsp3) is 0.889. The van der Waals surface area contributed by atoms with Gasteiger partial charge in [0.05, 0.1) is 12.1 Å². The molecule has 19 heavy (non-hydrogen) atoms. The second-order valence-electron chi connectivity index (χ2n) is 4.06. The zero-order chi connectivity index (χ0) is 14.8. The molecule has 10 heteroatoms. The lowest BCUT2D eigenvalue weighted by atomic mass is 10.1. The maximum Gasteiger partial charge on any atom is 0.409 e. The van der Waals surface area contributed by atoms with E-state index in [9.17, 15) is 31.1 Å². The molecule has 1 amide bonds. The Hall–Kier alpha value is -1.03. The summed E-state index contributed by atoms with van der Waals surface area (Å²) in [6.07, 6.45) is -12.0. The van der Waals surface area contributed by atoms with Crippen LogP contribution in [-0.2, 0) is 9.53 Å². The van der Waals surface area contributed by atoms with Crippen LogP contribution in [0.2, 0.25) is 0 Å². The summed E-state index contributed by atoms with van der Waals surface area (Å²) in [5, 5.41) is 4.42. The van der Waals surface area contributed by atoms with Crippen LogP contribution in [0.5, 0.6) is 0 Å². The molecule has 1 aliphatic rings. The van der Waals surface area contributed by atoms with E-state index in [-0.39, 0.29) is 13.1 Å². The van der Waals surface area contributed by atoms with E-state index < -0.39 is 36.3 Å². The molecule has 1 rings (SSSR count). The number of alkyl halides is 6. The van der Waals surface area contributed by atoms with Crippen molar-refractivity contribution in [2.75, 3.05) is 20.2 Å². The maximum absolute atomic E-state index is 12.3. The number of rotatable bonds is 3. The Kier molecular flexibility index (Phi) is 4.67. The molecule has 112 valence electrons. The predicted octanol–water partition coefficient (Wildman–Crippen LogP) is 0.830. The number of methoxy groups -OCH3 is 1. The Morgan fingerprint density at radius 1 is 1.21 bits per heavy atom. The first-order valence-corrected chi connectivity index (χ1v) is 5.24. The van der Waals surface area contributed by atoms with Crippen LogP contribution in [0.3, 0.4) is 0 Å². The van der Waals surface area contributed by atoms with Gasteiger partial charge in [-0.2, -0.15) is 26.3 Å². The molecule has 1 unspecified atom stereocenters. The van der Waals surface area contributed by atoms with Crippen molar-refractivity contribution in [1.29, 1.82) is 0 Å². The van der Waals surface area contributed by atoms with E-state index >= 15 is 0 Å². The van der Waals surface area contributed by atoms with Crippen molar-refractivity contribution in [3.63, 3.8) is 0 Å². The average molecular weight is 294 g/mol. The first-order chi connectivity index (χ1) is 8.57. The maximum atomic E-state index is 12.3. The van der Waals surface area contributed by atoms with Crippen molar-refractivity contribution in [2.45, 2.75) is 24.5 Å². The second-order valence-corrected chi connectivity index (χ2v) is 4.06. The zero-order valence-electron chi connectivity index (χ0n) is 9.73. The summed E-state index contributed by atoms with van der Waals surface area (Å²) < 4.78 is 78.6. The molecule has 0 bridgehead atoms. The largest absolute Gasteiger partial charge is 0.409 e. The molecule has 0 saturated carbocycles. The number of amides is 1. The molecule has 0 spiro atoms. The van der Waals surface area contributed by atoms with Crippen molar-refractivity contribution in [1.82, 2.24) is 10.6 Å². The van der Waals surface area contributed by atoms with Crippen LogP contribution in [0.1, 0.15) is 0 Å². The van der Waals surface area contributed by atoms with Gasteiger partial charge in [-0.3, -0.25) is 4.79 Å². The summed E-state index contributed by atoms with van der Waals surface area (Å²) >= 11 is 0. The third kappa shape index (κ3) is 3.96. The SMILES string of the molecule is CO[C@H]1CNCC1NC(=O)C(C(F)(F)F)C(F)(F)F. The summed E-state index contributed by atoms with van der Waals surface area (Å²) in [7, 11) is 1.25. The molecule has 0 aromatic carbocycles. The summed E-state index contributed by atoms with van der Waals surface area (Å²) in [6.45, 7) is 0.289. The highest BCUT2D eigenvalue weighted by molar-refractivity contribution is 5.80. The number of ether oxygens (including phenoxy) is 1. The van der Waals surface area contributed by atoms with E-state index in [1.165, 1.54) is 7.11 Å². The Morgan fingerprint density at radius 3 is 2.16 bits per heavy atom. The van der Waals surface area contributed by atoms with E-state index in [2.05, 4.69) is 5.32 Å². The van der Waals surface area contributed by atoms with Crippen LogP contribution < -0.4 is 10.6 Å². The molecule has 0 aliphatic carbocycles. The van der Waals surface area contributed by atoms with Gasteiger partial charge in [-0.1, -0.05) is 0 Å². The van der Waals surface area contributed by atoms with Gasteiger partial charge in [-0.15, -0.1) is 0 Å². The lowest BCUT2D eigenvalue weighted by Gasteiger charge is -2.25. The van der Waals surface area contributed by atoms with Crippen LogP contribution >= 0.6 is 0 Å². The van der Waals surface area contributed by atoms with Gasteiger partial charge in [0.1, 0.15) is 0 Å². The molecule has 1 saturated heterocycles. The number of hydrogen-bond donors (Lipinski definition) is 2. The third-order valence-electron chi connectivity index (χ3n) is 2.71. The van der Waals surface area contributed by atoms with E-state index in [1.807, 2.05) is 0 Å². The lowest BCUT2D eigenvalue weighted by molar-refractivity contribution is -0.274. The van der Waals surface area contributed by atoms with Gasteiger partial charge in [0.15, 0.2) is 0 Å². The third-order valence-corrected chi connectivity index (χ3v) is 2.71. The van der Waals surface area contributed by atoms with Gasteiger partial charge in [-0.05, 0) is 0 Å². The van der Waals surface area contributed by atoms with Gasteiger partial charge in [0.25, 0.3) is 0 Å². The number of carbonyl (C=O) groups excluding carboxylic acids is 1. The summed E-state index contributed by atoms with van der Waals surface area (Å²) in [4.78, 5) is 11.2. The summed E-state index contributed by atoms with van der Waals surface area (Å²) in [6, 6.07) is -0.926. The Morgan fingerprint density at radius 2 is 1.74 bits per heavy atom. The average Bonchev–Trinajstić information content (AvgIpc) is 2.59. The Labute approximate surface area is 104 Å². The minimum absolute atomic E-state index is 0.0483. The number of hydrogen-bond acceptors (Lipinski definition) is 3. The smallest absolute Gasteiger partial charge is 0.378 e. The van der Waals surface area contributed by atoms with Gasteiger partial charge < -0.3 is 15.4 Å². The highest BCUT2D eigenvalue weighted by atomic mass is 19.4. The molecule has 0 radical (unpaired) electrons. The number of halogens is 6. The molecule has 2 N–H and O–H groups in total. The highest BCUT2D eigenvalue weighted by Gasteiger charge is 2.61. The quantitative estimate of drug-likeness (QED) is 0.758. The van der Waals surface area contributed by atoms with Crippen molar-refractivity contribution >= 4 is 5.91 Å². The first kappa shape index (κ1) is 16.0. The minimum atomic E-state index is -5.68. The second kappa shape index (κ2) is 5.53. The summed E-state index contributed by atoms with van der Waals surface area (Å²) in [5.41, 5.74) is 0. The van der Waals surface area contributed by atoms with Crippen LogP contribution in [0.4, 0.5) is 26.3 Å². The zero-order valence-corrected chi connectivity index (χ0v) is 9.73. The van der Waals surface area contributed by atoms with Crippen LogP contribution in [0.25, 0.3) is 0 Å². The van der Waals surface area contributed by atoms with Crippen molar-refractivity contribution < 1.29 is 35.9 Å². The molecule has 1 aliphatic heterocycles. The Bertz CT molecular complexity index is 316. The normalized spacial score (nSPS) is 24.8. The lowest BCUT2D eigenvalue weighted by Crippen LogP contribution is -2.53. The molecular weight excluding hydrogens is 282 g/mol. The van der Waals surface area contributed by atoms with Crippen LogP contribution in [0, 0.1) is 5.92 Å². The molecule has 1 heterocycles. The molecule has 2 atom stereocenters. The predicted molar refractivity (Wildman–Crippen MR) is 51.2 cm³/mol. The summed E-state index contributed by atoms with van der Waals surface area (Å²) in [5.74, 6) is -6.14. The van der Waals surface area contributed by atoms with Gasteiger partial charge >= 0.3 is 12.4 Å². The van der Waals surface area contributed by atoms with Gasteiger partial charge in [0.2, 0.25) is 11.8 Å². The number of carbonyl (C=O) groups is 1. The molecule has 0 aromatic heterocycles. The van der Waals surface area contributed by atoms with Crippen LogP contribution in [-0.4, -0.2) is 50.6 Å². The van der Waals surface area contributed by atoms with Crippen LogP contribution in [0.15, 0.2) is 0 Å². The fourth-order valence-electron chi connectivity index (χ4n) is 1.80. The van der Waals surface area contributed by atoms with Crippen molar-refractivity contribution in [2.24, 2.45) is 5.92 Å². The van der Waals surface area contributed by atoms with Crippen molar-refractivity contribution in [3.8, 4) is 0 Å². The monoisotopic (exact) mass is 294 g/mol. The van der Waals surface area contributed by atoms with Gasteiger partial charge in [0, 0.05) is 20.2 Å². The Balaban J connectivity index is 2.79. The van der Waals surface area contributed by atoms with Gasteiger partial charge in [-0.25, -0.2) is 0 Å². The molecule has 0 aromatic rings.